The Hall–Kier alpha value is -0.720. The predicted octanol–water partition coefficient (Wildman–Crippen LogP) is 1.24. The summed E-state index contributed by atoms with van der Waals surface area (Å²) >= 11 is 16.6. The Morgan fingerprint density at radius 3 is 2.57 bits per heavy atom. The van der Waals surface area contributed by atoms with E-state index in [0.717, 1.165) is 4.68 Å². The van der Waals surface area contributed by atoms with Gasteiger partial charge >= 0.3 is 6.09 Å². The number of nitrogens with two attached hydrogens (primary N) is 1. The number of carbonyl (C=O) groups excluding carboxylic acids is 1. The quantitative estimate of drug-likeness (QED) is 0.810. The number of hydrogen-bond acceptors (Lipinski definition) is 4. The molecule has 6 nitrogen and oxygen atoms in total. The van der Waals surface area contributed by atoms with Crippen LogP contribution in [-0.2, 0) is 4.74 Å². The minimum Gasteiger partial charge on any atom is -0.419 e. The summed E-state index contributed by atoms with van der Waals surface area (Å²) in [4.78, 5) is 14.1. The molecule has 1 aromatic rings. The van der Waals surface area contributed by atoms with Crippen LogP contribution in [0.2, 0.25) is 0 Å². The largest absolute Gasteiger partial charge is 0.419 e. The van der Waals surface area contributed by atoms with Crippen molar-refractivity contribution in [1.29, 1.82) is 0 Å². The number of halogens is 3. The normalized spacial score (nSPS) is 13.6. The highest BCUT2D eigenvalue weighted by Gasteiger charge is 2.38. The third kappa shape index (κ3) is 2.90. The van der Waals surface area contributed by atoms with Gasteiger partial charge in [0.15, 0.2) is 0 Å². The maximum atomic E-state index is 10.5. The van der Waals surface area contributed by atoms with E-state index in [4.69, 9.17) is 40.5 Å². The molecule has 0 aromatic carbocycles. The topological polar surface area (TPSA) is 83.0 Å². The lowest BCUT2D eigenvalue weighted by atomic mass is 10.6. The Labute approximate surface area is 93.9 Å². The maximum Gasteiger partial charge on any atom is 0.406 e. The van der Waals surface area contributed by atoms with Gasteiger partial charge < -0.3 is 10.5 Å². The number of ether oxygens (including phenoxy) is 1. The standard InChI is InChI=1S/C5H5Cl3N4O2/c6-5(7,8)3(14-4(9)13)12-2-10-1-11-12/h1-3H,(H2,9,13). The lowest BCUT2D eigenvalue weighted by Gasteiger charge is -2.22. The monoisotopic (exact) mass is 258 g/mol. The molecule has 14 heavy (non-hydrogen) atoms. The number of hydrogen-bond donors (Lipinski definition) is 1. The number of amides is 1. The van der Waals surface area contributed by atoms with Gasteiger partial charge in [-0.2, -0.15) is 5.10 Å². The SMILES string of the molecule is NC(=O)OC(n1cncn1)C(Cl)(Cl)Cl. The van der Waals surface area contributed by atoms with Gasteiger partial charge in [0.1, 0.15) is 12.7 Å². The first-order chi connectivity index (χ1) is 6.41. The molecule has 0 saturated carbocycles. The zero-order valence-electron chi connectivity index (χ0n) is 6.60. The molecule has 1 heterocycles. The highest BCUT2D eigenvalue weighted by molar-refractivity contribution is 6.67. The summed E-state index contributed by atoms with van der Waals surface area (Å²) in [6.07, 6.45) is 0.118. The Bertz CT molecular complexity index is 309. The second kappa shape index (κ2) is 4.20. The number of rotatable bonds is 2. The summed E-state index contributed by atoms with van der Waals surface area (Å²) < 4.78 is 3.76. The molecule has 0 fully saturated rings. The molecule has 1 amide bonds. The van der Waals surface area contributed by atoms with E-state index < -0.39 is 16.1 Å². The number of aromatic nitrogens is 3. The minimum absolute atomic E-state index is 1.07. The average Bonchev–Trinajstić information content (AvgIpc) is 2.49. The van der Waals surface area contributed by atoms with Crippen molar-refractivity contribution in [2.24, 2.45) is 5.73 Å². The van der Waals surface area contributed by atoms with Crippen molar-refractivity contribution in [3.05, 3.63) is 12.7 Å². The van der Waals surface area contributed by atoms with E-state index >= 15 is 0 Å². The molecule has 2 N–H and O–H groups in total. The first-order valence-corrected chi connectivity index (χ1v) is 4.41. The van der Waals surface area contributed by atoms with Gasteiger partial charge in [-0.05, 0) is 0 Å². The van der Waals surface area contributed by atoms with Crippen LogP contribution in [0, 0.1) is 0 Å². The average molecular weight is 259 g/mol. The fourth-order valence-corrected chi connectivity index (χ4v) is 1.15. The summed E-state index contributed by atoms with van der Waals surface area (Å²) in [6, 6.07) is 0. The lowest BCUT2D eigenvalue weighted by Crippen LogP contribution is -2.31. The molecule has 0 aliphatic carbocycles. The highest BCUT2D eigenvalue weighted by Crippen LogP contribution is 2.38. The molecule has 0 saturated heterocycles. The molecule has 0 aliphatic heterocycles. The van der Waals surface area contributed by atoms with E-state index in [1.807, 2.05) is 0 Å². The lowest BCUT2D eigenvalue weighted by molar-refractivity contribution is 0.0565. The number of alkyl halides is 3. The van der Waals surface area contributed by atoms with Gasteiger partial charge in [-0.25, -0.2) is 14.5 Å². The summed E-state index contributed by atoms with van der Waals surface area (Å²) in [7, 11) is 0. The van der Waals surface area contributed by atoms with E-state index in [9.17, 15) is 4.79 Å². The molecule has 78 valence electrons. The van der Waals surface area contributed by atoms with E-state index in [0.29, 0.717) is 0 Å². The Balaban J connectivity index is 2.89. The molecule has 1 rings (SSSR count). The second-order valence-corrected chi connectivity index (χ2v) is 4.58. The first-order valence-electron chi connectivity index (χ1n) is 3.28. The van der Waals surface area contributed by atoms with Crippen LogP contribution in [-0.4, -0.2) is 24.7 Å². The molecular formula is C5H5Cl3N4O2. The second-order valence-electron chi connectivity index (χ2n) is 2.21. The van der Waals surface area contributed by atoms with Crippen molar-refractivity contribution in [3.63, 3.8) is 0 Å². The van der Waals surface area contributed by atoms with Gasteiger partial charge in [0.2, 0.25) is 10.0 Å². The summed E-state index contributed by atoms with van der Waals surface area (Å²) in [6.45, 7) is 0. The molecule has 1 aromatic heterocycles. The molecular weight excluding hydrogens is 254 g/mol. The van der Waals surface area contributed by atoms with Gasteiger partial charge in [0.25, 0.3) is 0 Å². The third-order valence-corrected chi connectivity index (χ3v) is 1.74. The van der Waals surface area contributed by atoms with Crippen molar-refractivity contribution in [1.82, 2.24) is 14.8 Å². The van der Waals surface area contributed by atoms with Crippen LogP contribution >= 0.6 is 34.8 Å². The van der Waals surface area contributed by atoms with Crippen LogP contribution in [0.4, 0.5) is 4.79 Å². The van der Waals surface area contributed by atoms with Crippen LogP contribution in [0.5, 0.6) is 0 Å². The molecule has 1 unspecified atom stereocenters. The number of primary amides is 1. The van der Waals surface area contributed by atoms with Crippen LogP contribution in [0.25, 0.3) is 0 Å². The van der Waals surface area contributed by atoms with Gasteiger partial charge in [-0.15, -0.1) is 0 Å². The van der Waals surface area contributed by atoms with E-state index in [-0.39, 0.29) is 0 Å². The Morgan fingerprint density at radius 1 is 1.57 bits per heavy atom. The molecule has 0 spiro atoms. The zero-order valence-corrected chi connectivity index (χ0v) is 8.87. The van der Waals surface area contributed by atoms with Crippen molar-refractivity contribution < 1.29 is 9.53 Å². The van der Waals surface area contributed by atoms with Crippen LogP contribution in [0.15, 0.2) is 12.7 Å². The van der Waals surface area contributed by atoms with Gasteiger partial charge in [0.05, 0.1) is 0 Å². The van der Waals surface area contributed by atoms with Crippen molar-refractivity contribution >= 4 is 40.9 Å². The smallest absolute Gasteiger partial charge is 0.406 e. The van der Waals surface area contributed by atoms with Crippen molar-refractivity contribution in [2.45, 2.75) is 10.0 Å². The van der Waals surface area contributed by atoms with Crippen molar-refractivity contribution in [3.8, 4) is 0 Å². The fourth-order valence-electron chi connectivity index (χ4n) is 0.719. The highest BCUT2D eigenvalue weighted by atomic mass is 35.6. The molecule has 9 heteroatoms. The fraction of sp³-hybridized carbons (Fsp3) is 0.400. The van der Waals surface area contributed by atoms with E-state index in [2.05, 4.69) is 14.8 Å². The van der Waals surface area contributed by atoms with Gasteiger partial charge in [0, 0.05) is 0 Å². The van der Waals surface area contributed by atoms with Gasteiger partial charge in [-0.3, -0.25) is 0 Å². The predicted molar refractivity (Wildman–Crippen MR) is 50.0 cm³/mol. The van der Waals surface area contributed by atoms with Crippen molar-refractivity contribution in [2.75, 3.05) is 0 Å². The number of nitrogens with zero attached hydrogens (tertiary/aromatic N) is 3. The van der Waals surface area contributed by atoms with Crippen LogP contribution in [0.1, 0.15) is 6.23 Å². The van der Waals surface area contributed by atoms with Gasteiger partial charge in [-0.1, -0.05) is 34.8 Å². The van der Waals surface area contributed by atoms with Crippen LogP contribution < -0.4 is 5.73 Å². The summed E-state index contributed by atoms with van der Waals surface area (Å²) in [5.41, 5.74) is 4.80. The third-order valence-electron chi connectivity index (χ3n) is 1.18. The Kier molecular flexibility index (Phi) is 3.41. The van der Waals surface area contributed by atoms with E-state index in [1.165, 1.54) is 12.7 Å². The Morgan fingerprint density at radius 2 is 2.21 bits per heavy atom. The summed E-state index contributed by atoms with van der Waals surface area (Å²) in [5.74, 6) is 0. The molecule has 0 radical (unpaired) electrons. The number of carbonyl (C=O) groups is 1. The first kappa shape index (κ1) is 11.4. The maximum absolute atomic E-state index is 10.5. The minimum atomic E-state index is -1.87. The molecule has 1 atom stereocenters. The molecule has 0 bridgehead atoms. The van der Waals surface area contributed by atoms with Crippen LogP contribution in [0.3, 0.4) is 0 Å². The van der Waals surface area contributed by atoms with E-state index in [1.54, 1.807) is 0 Å². The summed E-state index contributed by atoms with van der Waals surface area (Å²) in [5, 5.41) is 3.66. The molecule has 0 aliphatic rings. The zero-order chi connectivity index (χ0) is 10.8.